The molecule has 0 radical (unpaired) electrons. The molecule has 0 fully saturated rings. The number of hydrogen-bond acceptors (Lipinski definition) is 6. The molecule has 1 aromatic carbocycles. The molecule has 0 saturated carbocycles. The van der Waals surface area contributed by atoms with E-state index in [4.69, 9.17) is 27.9 Å². The molecule has 2 rings (SSSR count). The van der Waals surface area contributed by atoms with Gasteiger partial charge in [0.15, 0.2) is 0 Å². The molecule has 0 atom stereocenters. The zero-order valence-electron chi connectivity index (χ0n) is 13.1. The molecule has 2 aromatic rings. The number of aromatic nitrogens is 2. The van der Waals surface area contributed by atoms with E-state index in [9.17, 15) is 0 Å². The summed E-state index contributed by atoms with van der Waals surface area (Å²) in [6.45, 7) is 4.38. The third-order valence-corrected chi connectivity index (χ3v) is 3.30. The van der Waals surface area contributed by atoms with Crippen LogP contribution in [0.15, 0.2) is 48.6 Å². The summed E-state index contributed by atoms with van der Waals surface area (Å²) in [6.07, 6.45) is 4.52. The molecule has 6 nitrogen and oxygen atoms in total. The molecule has 0 aliphatic heterocycles. The first-order valence-corrected chi connectivity index (χ1v) is 7.54. The minimum Gasteiger partial charge on any atom is -0.457 e. The Morgan fingerprint density at radius 2 is 2.04 bits per heavy atom. The highest BCUT2D eigenvalue weighted by atomic mass is 35.5. The lowest BCUT2D eigenvalue weighted by atomic mass is 10.0. The summed E-state index contributed by atoms with van der Waals surface area (Å²) in [4.78, 5) is 7.85. The van der Waals surface area contributed by atoms with Gasteiger partial charge in [0.1, 0.15) is 6.61 Å². The van der Waals surface area contributed by atoms with Crippen molar-refractivity contribution < 1.29 is 4.74 Å². The summed E-state index contributed by atoms with van der Waals surface area (Å²) in [6, 6.07) is 8.18. The van der Waals surface area contributed by atoms with Gasteiger partial charge in [-0.05, 0) is 23.6 Å². The number of hydrazine groups is 1. The van der Waals surface area contributed by atoms with Gasteiger partial charge in [0.05, 0.1) is 28.8 Å². The average Bonchev–Trinajstić information content (AvgIpc) is 2.54. The SMILES string of the molecule is CC(C)c1cccc(N(N)/C=C(\N)COc2ncc(Cl)cn2)c1. The normalized spacial score (nSPS) is 11.6. The fourth-order valence-corrected chi connectivity index (χ4v) is 1.96. The molecule has 122 valence electrons. The maximum atomic E-state index is 6.03. The van der Waals surface area contributed by atoms with Crippen LogP contribution in [0.2, 0.25) is 5.02 Å². The molecule has 0 unspecified atom stereocenters. The van der Waals surface area contributed by atoms with Crippen LogP contribution in [0.1, 0.15) is 25.3 Å². The number of benzene rings is 1. The van der Waals surface area contributed by atoms with Gasteiger partial charge in [-0.25, -0.2) is 15.8 Å². The fourth-order valence-electron chi connectivity index (χ4n) is 1.86. The highest BCUT2D eigenvalue weighted by molar-refractivity contribution is 6.30. The van der Waals surface area contributed by atoms with Gasteiger partial charge in [0.25, 0.3) is 0 Å². The Kier molecular flexibility index (Phi) is 5.78. The molecule has 0 aliphatic carbocycles. The number of rotatable bonds is 6. The Labute approximate surface area is 140 Å². The van der Waals surface area contributed by atoms with Crippen LogP contribution in [0, 0.1) is 0 Å². The highest BCUT2D eigenvalue weighted by Crippen LogP contribution is 2.20. The maximum Gasteiger partial charge on any atom is 0.316 e. The number of anilines is 1. The summed E-state index contributed by atoms with van der Waals surface area (Å²) in [5.41, 5.74) is 8.42. The smallest absolute Gasteiger partial charge is 0.316 e. The van der Waals surface area contributed by atoms with Crippen molar-refractivity contribution in [1.82, 2.24) is 9.97 Å². The number of halogens is 1. The zero-order valence-corrected chi connectivity index (χ0v) is 13.9. The van der Waals surface area contributed by atoms with E-state index in [0.717, 1.165) is 5.69 Å². The van der Waals surface area contributed by atoms with Gasteiger partial charge in [0.2, 0.25) is 0 Å². The molecule has 23 heavy (non-hydrogen) atoms. The van der Waals surface area contributed by atoms with Crippen LogP contribution in [-0.2, 0) is 0 Å². The van der Waals surface area contributed by atoms with Gasteiger partial charge in [-0.2, -0.15) is 0 Å². The third-order valence-electron chi connectivity index (χ3n) is 3.10. The molecule has 0 amide bonds. The van der Waals surface area contributed by atoms with Gasteiger partial charge in [-0.3, -0.25) is 5.01 Å². The van der Waals surface area contributed by atoms with E-state index in [1.165, 1.54) is 23.0 Å². The van der Waals surface area contributed by atoms with Crippen molar-refractivity contribution in [2.24, 2.45) is 11.6 Å². The predicted octanol–water partition coefficient (Wildman–Crippen LogP) is 2.81. The van der Waals surface area contributed by atoms with E-state index in [1.54, 1.807) is 6.20 Å². The number of ether oxygens (including phenoxy) is 1. The summed E-state index contributed by atoms with van der Waals surface area (Å²) < 4.78 is 5.37. The van der Waals surface area contributed by atoms with Crippen LogP contribution < -0.4 is 21.3 Å². The molecule has 4 N–H and O–H groups in total. The fraction of sp³-hybridized carbons (Fsp3) is 0.250. The van der Waals surface area contributed by atoms with Crippen molar-refractivity contribution in [1.29, 1.82) is 0 Å². The van der Waals surface area contributed by atoms with Crippen LogP contribution >= 0.6 is 11.6 Å². The zero-order chi connectivity index (χ0) is 16.8. The second-order valence-corrected chi connectivity index (χ2v) is 5.77. The van der Waals surface area contributed by atoms with Gasteiger partial charge in [-0.1, -0.05) is 37.6 Å². The summed E-state index contributed by atoms with van der Waals surface area (Å²) >= 11 is 5.71. The third kappa shape index (κ3) is 5.12. The largest absolute Gasteiger partial charge is 0.457 e. The van der Waals surface area contributed by atoms with E-state index >= 15 is 0 Å². The molecule has 1 heterocycles. The Morgan fingerprint density at radius 1 is 1.35 bits per heavy atom. The van der Waals surface area contributed by atoms with Crippen LogP contribution in [-0.4, -0.2) is 16.6 Å². The van der Waals surface area contributed by atoms with Crippen LogP contribution in [0.25, 0.3) is 0 Å². The van der Waals surface area contributed by atoms with Crippen molar-refractivity contribution in [3.05, 3.63) is 59.1 Å². The standard InChI is InChI=1S/C16H20ClN5O/c1-11(2)12-4-3-5-15(6-12)22(19)9-14(18)10-23-16-20-7-13(17)8-21-16/h3-9,11H,10,18-19H2,1-2H3/b14-9-. The monoisotopic (exact) mass is 333 g/mol. The lowest BCUT2D eigenvalue weighted by molar-refractivity contribution is 0.321. The van der Waals surface area contributed by atoms with E-state index in [1.807, 2.05) is 18.2 Å². The van der Waals surface area contributed by atoms with Crippen LogP contribution in [0.3, 0.4) is 0 Å². The molecule has 0 spiro atoms. The van der Waals surface area contributed by atoms with E-state index in [-0.39, 0.29) is 12.6 Å². The average molecular weight is 334 g/mol. The summed E-state index contributed by atoms with van der Waals surface area (Å²) in [5, 5.41) is 1.91. The Morgan fingerprint density at radius 3 is 2.70 bits per heavy atom. The second-order valence-electron chi connectivity index (χ2n) is 5.33. The van der Waals surface area contributed by atoms with Gasteiger partial charge in [-0.15, -0.1) is 0 Å². The Hall–Kier alpha value is -2.31. The van der Waals surface area contributed by atoms with Gasteiger partial charge < -0.3 is 10.5 Å². The second kappa shape index (κ2) is 7.80. The molecule has 1 aromatic heterocycles. The Balaban J connectivity index is 1.99. The topological polar surface area (TPSA) is 90.3 Å². The van der Waals surface area contributed by atoms with Crippen LogP contribution in [0.4, 0.5) is 5.69 Å². The Bertz CT molecular complexity index is 672. The molecule has 7 heteroatoms. The maximum absolute atomic E-state index is 6.03. The summed E-state index contributed by atoms with van der Waals surface area (Å²) in [5.74, 6) is 6.45. The van der Waals surface area contributed by atoms with Crippen LogP contribution in [0.5, 0.6) is 6.01 Å². The molecule has 0 saturated heterocycles. The van der Waals surface area contributed by atoms with E-state index in [0.29, 0.717) is 16.6 Å². The van der Waals surface area contributed by atoms with E-state index in [2.05, 4.69) is 29.9 Å². The molecule has 0 aliphatic rings. The molecular formula is C16H20ClN5O. The van der Waals surface area contributed by atoms with E-state index < -0.39 is 0 Å². The highest BCUT2D eigenvalue weighted by Gasteiger charge is 2.05. The van der Waals surface area contributed by atoms with Gasteiger partial charge in [0, 0.05) is 6.20 Å². The minimum absolute atomic E-state index is 0.124. The first-order valence-electron chi connectivity index (χ1n) is 7.16. The first-order chi connectivity index (χ1) is 11.0. The lowest BCUT2D eigenvalue weighted by Gasteiger charge is -2.17. The minimum atomic E-state index is 0.124. The quantitative estimate of drug-likeness (QED) is 0.624. The molecular weight excluding hydrogens is 314 g/mol. The van der Waals surface area contributed by atoms with Crippen molar-refractivity contribution in [3.63, 3.8) is 0 Å². The number of hydrogen-bond donors (Lipinski definition) is 2. The lowest BCUT2D eigenvalue weighted by Crippen LogP contribution is -2.27. The first kappa shape index (κ1) is 17.1. The van der Waals surface area contributed by atoms with Crippen molar-refractivity contribution in [3.8, 4) is 6.01 Å². The molecule has 0 bridgehead atoms. The van der Waals surface area contributed by atoms with Gasteiger partial charge >= 0.3 is 6.01 Å². The summed E-state index contributed by atoms with van der Waals surface area (Å²) in [7, 11) is 0. The number of nitrogens with zero attached hydrogens (tertiary/aromatic N) is 3. The van der Waals surface area contributed by atoms with Crippen molar-refractivity contribution in [2.75, 3.05) is 11.6 Å². The predicted molar refractivity (Wildman–Crippen MR) is 92.0 cm³/mol. The van der Waals surface area contributed by atoms with Crippen molar-refractivity contribution >= 4 is 17.3 Å². The van der Waals surface area contributed by atoms with Crippen molar-refractivity contribution in [2.45, 2.75) is 19.8 Å². The number of nitrogens with two attached hydrogens (primary N) is 2.